The molecule has 1 saturated heterocycles. The first-order chi connectivity index (χ1) is 14.4. The van der Waals surface area contributed by atoms with Crippen LogP contribution in [0.1, 0.15) is 24.4 Å². The highest BCUT2D eigenvalue weighted by Gasteiger charge is 2.42. The zero-order valence-electron chi connectivity index (χ0n) is 18.0. The maximum Gasteiger partial charge on any atom is 0.227 e. The number of anilines is 1. The second-order valence-corrected chi connectivity index (χ2v) is 7.40. The van der Waals surface area contributed by atoms with Crippen molar-refractivity contribution in [2.24, 2.45) is 5.92 Å². The SMILES string of the molecule is COc1ccc(N2C(=O)CC[C@H](C(=O)N(C)C)[C@@H]2c2ccc(OC)c(OC)c2)cc1. The highest BCUT2D eigenvalue weighted by molar-refractivity contribution is 5.97. The molecule has 2 aromatic rings. The van der Waals surface area contributed by atoms with Crippen molar-refractivity contribution >= 4 is 17.5 Å². The van der Waals surface area contributed by atoms with Crippen LogP contribution in [0.2, 0.25) is 0 Å². The third-order valence-electron chi connectivity index (χ3n) is 5.45. The van der Waals surface area contributed by atoms with Crippen LogP contribution in [-0.4, -0.2) is 52.1 Å². The van der Waals surface area contributed by atoms with E-state index >= 15 is 0 Å². The molecule has 1 aliphatic rings. The lowest BCUT2D eigenvalue weighted by Gasteiger charge is -2.41. The minimum absolute atomic E-state index is 0.0132. The van der Waals surface area contributed by atoms with Gasteiger partial charge >= 0.3 is 0 Å². The second-order valence-electron chi connectivity index (χ2n) is 7.40. The Labute approximate surface area is 177 Å². The summed E-state index contributed by atoms with van der Waals surface area (Å²) in [6.07, 6.45) is 0.793. The Morgan fingerprint density at radius 1 is 0.967 bits per heavy atom. The Morgan fingerprint density at radius 2 is 1.63 bits per heavy atom. The lowest BCUT2D eigenvalue weighted by Crippen LogP contribution is -2.48. The molecule has 0 spiro atoms. The number of amides is 2. The number of piperidine rings is 1. The number of ether oxygens (including phenoxy) is 3. The van der Waals surface area contributed by atoms with E-state index in [4.69, 9.17) is 14.2 Å². The number of hydrogen-bond donors (Lipinski definition) is 0. The fourth-order valence-corrected chi connectivity index (χ4v) is 3.95. The van der Waals surface area contributed by atoms with Gasteiger partial charge in [0.2, 0.25) is 11.8 Å². The van der Waals surface area contributed by atoms with E-state index in [9.17, 15) is 9.59 Å². The molecule has 160 valence electrons. The van der Waals surface area contributed by atoms with E-state index in [2.05, 4.69) is 0 Å². The third-order valence-corrected chi connectivity index (χ3v) is 5.45. The maximum absolute atomic E-state index is 13.1. The van der Waals surface area contributed by atoms with E-state index < -0.39 is 6.04 Å². The van der Waals surface area contributed by atoms with Crippen LogP contribution in [0, 0.1) is 5.92 Å². The highest BCUT2D eigenvalue weighted by Crippen LogP contribution is 2.43. The quantitative estimate of drug-likeness (QED) is 0.728. The number of benzene rings is 2. The molecule has 1 aliphatic heterocycles. The highest BCUT2D eigenvalue weighted by atomic mass is 16.5. The molecule has 0 radical (unpaired) electrons. The van der Waals surface area contributed by atoms with Crippen LogP contribution in [0.15, 0.2) is 42.5 Å². The molecule has 30 heavy (non-hydrogen) atoms. The molecule has 2 aromatic carbocycles. The van der Waals surface area contributed by atoms with Gasteiger partial charge in [0, 0.05) is 26.2 Å². The first-order valence-corrected chi connectivity index (χ1v) is 9.80. The molecule has 1 heterocycles. The summed E-state index contributed by atoms with van der Waals surface area (Å²) in [5.74, 6) is 1.43. The number of nitrogens with zero attached hydrogens (tertiary/aromatic N) is 2. The summed E-state index contributed by atoms with van der Waals surface area (Å²) in [6, 6.07) is 12.4. The van der Waals surface area contributed by atoms with E-state index in [1.807, 2.05) is 36.4 Å². The van der Waals surface area contributed by atoms with Crippen molar-refractivity contribution < 1.29 is 23.8 Å². The molecule has 0 saturated carbocycles. The molecule has 7 nitrogen and oxygen atoms in total. The predicted molar refractivity (Wildman–Crippen MR) is 114 cm³/mol. The maximum atomic E-state index is 13.1. The zero-order valence-corrected chi connectivity index (χ0v) is 18.0. The summed E-state index contributed by atoms with van der Waals surface area (Å²) >= 11 is 0. The minimum atomic E-state index is -0.464. The van der Waals surface area contributed by atoms with Gasteiger partial charge in [0.25, 0.3) is 0 Å². The molecular formula is C23H28N2O5. The van der Waals surface area contributed by atoms with Crippen molar-refractivity contribution in [1.82, 2.24) is 4.90 Å². The molecule has 0 unspecified atom stereocenters. The molecule has 3 rings (SSSR count). The summed E-state index contributed by atoms with van der Waals surface area (Å²) < 4.78 is 16.1. The van der Waals surface area contributed by atoms with Gasteiger partial charge in [-0.1, -0.05) is 6.07 Å². The van der Waals surface area contributed by atoms with Gasteiger partial charge in [0.15, 0.2) is 11.5 Å². The van der Waals surface area contributed by atoms with Crippen molar-refractivity contribution in [3.8, 4) is 17.2 Å². The largest absolute Gasteiger partial charge is 0.497 e. The average Bonchev–Trinajstić information content (AvgIpc) is 2.77. The first-order valence-electron chi connectivity index (χ1n) is 9.80. The monoisotopic (exact) mass is 412 g/mol. The average molecular weight is 412 g/mol. The Bertz CT molecular complexity index is 910. The van der Waals surface area contributed by atoms with Crippen molar-refractivity contribution in [3.63, 3.8) is 0 Å². The van der Waals surface area contributed by atoms with Crippen LogP contribution < -0.4 is 19.1 Å². The van der Waals surface area contributed by atoms with Gasteiger partial charge in [-0.3, -0.25) is 9.59 Å². The Hall–Kier alpha value is -3.22. The number of carbonyl (C=O) groups is 2. The van der Waals surface area contributed by atoms with E-state index in [-0.39, 0.29) is 17.7 Å². The van der Waals surface area contributed by atoms with Crippen molar-refractivity contribution in [3.05, 3.63) is 48.0 Å². The predicted octanol–water partition coefficient (Wildman–Crippen LogP) is 3.28. The molecule has 0 aromatic heterocycles. The molecule has 0 bridgehead atoms. The summed E-state index contributed by atoms with van der Waals surface area (Å²) in [4.78, 5) is 29.4. The van der Waals surface area contributed by atoms with Crippen LogP contribution in [0.25, 0.3) is 0 Å². The fraction of sp³-hybridized carbons (Fsp3) is 0.391. The van der Waals surface area contributed by atoms with E-state index in [0.29, 0.717) is 30.1 Å². The number of methoxy groups -OCH3 is 3. The van der Waals surface area contributed by atoms with Crippen LogP contribution in [0.5, 0.6) is 17.2 Å². The molecule has 1 fully saturated rings. The molecular weight excluding hydrogens is 384 g/mol. The molecule has 7 heteroatoms. The van der Waals surface area contributed by atoms with Crippen LogP contribution >= 0.6 is 0 Å². The summed E-state index contributed by atoms with van der Waals surface area (Å²) in [5.41, 5.74) is 1.54. The van der Waals surface area contributed by atoms with Crippen LogP contribution in [-0.2, 0) is 9.59 Å². The number of carbonyl (C=O) groups excluding carboxylic acids is 2. The summed E-state index contributed by atoms with van der Waals surface area (Å²) in [6.45, 7) is 0. The standard InChI is InChI=1S/C23H28N2O5/c1-24(2)23(27)18-11-13-21(26)25(16-7-9-17(28-3)10-8-16)22(18)15-6-12-19(29-4)20(14-15)30-5/h6-10,12,14,18,22H,11,13H2,1-5H3/t18-,22-/m0/s1. The van der Waals surface area contributed by atoms with E-state index in [1.165, 1.54) is 0 Å². The lowest BCUT2D eigenvalue weighted by atomic mass is 9.82. The first kappa shape index (κ1) is 21.5. The van der Waals surface area contributed by atoms with E-state index in [0.717, 1.165) is 11.3 Å². The van der Waals surface area contributed by atoms with Crippen LogP contribution in [0.4, 0.5) is 5.69 Å². The second kappa shape index (κ2) is 9.07. The summed E-state index contributed by atoms with van der Waals surface area (Å²) in [7, 11) is 8.21. The number of hydrogen-bond acceptors (Lipinski definition) is 5. The van der Waals surface area contributed by atoms with Gasteiger partial charge in [0.05, 0.1) is 33.3 Å². The molecule has 0 aliphatic carbocycles. The summed E-state index contributed by atoms with van der Waals surface area (Å²) in [5, 5.41) is 0. The smallest absolute Gasteiger partial charge is 0.227 e. The van der Waals surface area contributed by atoms with Gasteiger partial charge < -0.3 is 24.0 Å². The van der Waals surface area contributed by atoms with Gasteiger partial charge in [-0.15, -0.1) is 0 Å². The van der Waals surface area contributed by atoms with Gasteiger partial charge in [0.1, 0.15) is 5.75 Å². The van der Waals surface area contributed by atoms with Crippen molar-refractivity contribution in [2.75, 3.05) is 40.3 Å². The Kier molecular flexibility index (Phi) is 6.50. The third kappa shape index (κ3) is 4.06. The Balaban J connectivity index is 2.14. The van der Waals surface area contributed by atoms with Crippen molar-refractivity contribution in [2.45, 2.75) is 18.9 Å². The van der Waals surface area contributed by atoms with Crippen LogP contribution in [0.3, 0.4) is 0 Å². The van der Waals surface area contributed by atoms with Crippen molar-refractivity contribution in [1.29, 1.82) is 0 Å². The van der Waals surface area contributed by atoms with E-state index in [1.54, 1.807) is 51.3 Å². The topological polar surface area (TPSA) is 68.3 Å². The molecule has 2 atom stereocenters. The van der Waals surface area contributed by atoms with Gasteiger partial charge in [-0.25, -0.2) is 0 Å². The molecule has 0 N–H and O–H groups in total. The number of rotatable bonds is 6. The fourth-order valence-electron chi connectivity index (χ4n) is 3.95. The lowest BCUT2D eigenvalue weighted by molar-refractivity contribution is -0.136. The minimum Gasteiger partial charge on any atom is -0.497 e. The zero-order chi connectivity index (χ0) is 21.8. The normalized spacial score (nSPS) is 18.7. The Morgan fingerprint density at radius 3 is 2.20 bits per heavy atom. The van der Waals surface area contributed by atoms with Gasteiger partial charge in [-0.05, 0) is 48.4 Å². The van der Waals surface area contributed by atoms with Gasteiger partial charge in [-0.2, -0.15) is 0 Å². The molecule has 2 amide bonds.